The lowest BCUT2D eigenvalue weighted by atomic mass is 10.3. The van der Waals surface area contributed by atoms with Gasteiger partial charge in [-0.2, -0.15) is 0 Å². The van der Waals surface area contributed by atoms with Crippen LogP contribution in [0.15, 0.2) is 35.3 Å². The maximum absolute atomic E-state index is 6.14. The Bertz CT molecular complexity index is 402. The Hall–Kier alpha value is -1.55. The van der Waals surface area contributed by atoms with Gasteiger partial charge in [0.2, 0.25) is 0 Å². The van der Waals surface area contributed by atoms with E-state index in [4.69, 9.17) is 5.73 Å². The fraction of sp³-hybridized carbons (Fsp3) is 0.500. The van der Waals surface area contributed by atoms with Crippen molar-refractivity contribution in [2.75, 3.05) is 26.7 Å². The van der Waals surface area contributed by atoms with E-state index in [1.807, 2.05) is 30.3 Å². The molecule has 0 aromatic heterocycles. The molecule has 1 saturated heterocycles. The molecular formula is C14H22N4. The average molecular weight is 246 g/mol. The molecule has 98 valence electrons. The van der Waals surface area contributed by atoms with Crippen LogP contribution in [0.1, 0.15) is 13.3 Å². The molecule has 0 bridgehead atoms. The zero-order valence-electron chi connectivity index (χ0n) is 11.2. The summed E-state index contributed by atoms with van der Waals surface area (Å²) in [5.41, 5.74) is 7.06. The van der Waals surface area contributed by atoms with Crippen LogP contribution >= 0.6 is 0 Å². The lowest BCUT2D eigenvalue weighted by molar-refractivity contribution is 0.284. The van der Waals surface area contributed by atoms with Crippen LogP contribution in [0.4, 0.5) is 5.69 Å². The number of hydrogen-bond donors (Lipinski definition) is 1. The SMILES string of the molecule is CC1CN(C)CCCN1C(N)=Nc1ccccc1. The van der Waals surface area contributed by atoms with Crippen LogP contribution in [0.5, 0.6) is 0 Å². The third-order valence-corrected chi connectivity index (χ3v) is 3.34. The Balaban J connectivity index is 2.12. The van der Waals surface area contributed by atoms with E-state index in [0.717, 1.165) is 31.7 Å². The third-order valence-electron chi connectivity index (χ3n) is 3.34. The van der Waals surface area contributed by atoms with Crippen molar-refractivity contribution in [2.45, 2.75) is 19.4 Å². The monoisotopic (exact) mass is 246 g/mol. The molecule has 2 N–H and O–H groups in total. The van der Waals surface area contributed by atoms with Crippen molar-refractivity contribution >= 4 is 11.6 Å². The van der Waals surface area contributed by atoms with Gasteiger partial charge in [-0.3, -0.25) is 0 Å². The van der Waals surface area contributed by atoms with Gasteiger partial charge in [-0.05, 0) is 39.1 Å². The van der Waals surface area contributed by atoms with Crippen molar-refractivity contribution in [3.05, 3.63) is 30.3 Å². The van der Waals surface area contributed by atoms with E-state index in [0.29, 0.717) is 12.0 Å². The zero-order chi connectivity index (χ0) is 13.0. The zero-order valence-corrected chi connectivity index (χ0v) is 11.2. The van der Waals surface area contributed by atoms with Crippen molar-refractivity contribution in [1.82, 2.24) is 9.80 Å². The molecule has 1 fully saturated rings. The Morgan fingerprint density at radius 2 is 2.00 bits per heavy atom. The third kappa shape index (κ3) is 3.23. The Morgan fingerprint density at radius 1 is 1.28 bits per heavy atom. The van der Waals surface area contributed by atoms with E-state index in [-0.39, 0.29) is 0 Å². The molecule has 0 radical (unpaired) electrons. The highest BCUT2D eigenvalue weighted by atomic mass is 15.3. The normalized spacial score (nSPS) is 22.9. The lowest BCUT2D eigenvalue weighted by Gasteiger charge is -2.28. The maximum atomic E-state index is 6.14. The summed E-state index contributed by atoms with van der Waals surface area (Å²) in [4.78, 5) is 9.05. The van der Waals surface area contributed by atoms with Gasteiger partial charge in [0.15, 0.2) is 5.96 Å². The molecular weight excluding hydrogens is 224 g/mol. The van der Waals surface area contributed by atoms with Crippen molar-refractivity contribution in [3.63, 3.8) is 0 Å². The molecule has 18 heavy (non-hydrogen) atoms. The highest BCUT2D eigenvalue weighted by Gasteiger charge is 2.20. The highest BCUT2D eigenvalue weighted by Crippen LogP contribution is 2.13. The first-order valence-electron chi connectivity index (χ1n) is 6.51. The first kappa shape index (κ1) is 12.9. The minimum absolute atomic E-state index is 0.407. The quantitative estimate of drug-likeness (QED) is 0.605. The molecule has 2 rings (SSSR count). The van der Waals surface area contributed by atoms with Gasteiger partial charge in [-0.15, -0.1) is 0 Å². The van der Waals surface area contributed by atoms with Gasteiger partial charge in [0.1, 0.15) is 0 Å². The van der Waals surface area contributed by atoms with Crippen LogP contribution in [0, 0.1) is 0 Å². The highest BCUT2D eigenvalue weighted by molar-refractivity contribution is 5.81. The van der Waals surface area contributed by atoms with Crippen LogP contribution in [0.3, 0.4) is 0 Å². The molecule has 0 aliphatic carbocycles. The molecule has 1 atom stereocenters. The standard InChI is InChI=1S/C14H22N4/c1-12-11-17(2)9-6-10-18(12)14(15)16-13-7-4-3-5-8-13/h3-5,7-8,12H,6,9-11H2,1-2H3,(H2,15,16). The average Bonchev–Trinajstić information content (AvgIpc) is 2.51. The van der Waals surface area contributed by atoms with Gasteiger partial charge < -0.3 is 15.5 Å². The Kier molecular flexibility index (Phi) is 4.20. The molecule has 4 nitrogen and oxygen atoms in total. The number of nitrogens with zero attached hydrogens (tertiary/aromatic N) is 3. The molecule has 1 aromatic rings. The first-order chi connectivity index (χ1) is 8.66. The second-order valence-corrected chi connectivity index (χ2v) is 4.96. The summed E-state index contributed by atoms with van der Waals surface area (Å²) in [7, 11) is 2.16. The van der Waals surface area contributed by atoms with E-state index < -0.39 is 0 Å². The summed E-state index contributed by atoms with van der Waals surface area (Å²) in [6.07, 6.45) is 1.13. The number of likely N-dealkylation sites (N-methyl/N-ethyl adjacent to an activating group) is 1. The lowest BCUT2D eigenvalue weighted by Crippen LogP contribution is -2.45. The van der Waals surface area contributed by atoms with Gasteiger partial charge in [-0.25, -0.2) is 4.99 Å². The molecule has 0 amide bonds. The van der Waals surface area contributed by atoms with E-state index >= 15 is 0 Å². The molecule has 0 spiro atoms. The van der Waals surface area contributed by atoms with Gasteiger partial charge in [0.05, 0.1) is 5.69 Å². The van der Waals surface area contributed by atoms with Gasteiger partial charge in [0.25, 0.3) is 0 Å². The first-order valence-corrected chi connectivity index (χ1v) is 6.51. The summed E-state index contributed by atoms with van der Waals surface area (Å²) in [6.45, 7) is 5.34. The van der Waals surface area contributed by atoms with Crippen LogP contribution in [0.25, 0.3) is 0 Å². The van der Waals surface area contributed by atoms with Gasteiger partial charge in [-0.1, -0.05) is 18.2 Å². The Morgan fingerprint density at radius 3 is 2.72 bits per heavy atom. The fourth-order valence-corrected chi connectivity index (χ4v) is 2.41. The number of hydrogen-bond acceptors (Lipinski definition) is 2. The maximum Gasteiger partial charge on any atom is 0.196 e. The second-order valence-electron chi connectivity index (χ2n) is 4.96. The van der Waals surface area contributed by atoms with Crippen LogP contribution in [-0.4, -0.2) is 48.5 Å². The molecule has 1 aromatic carbocycles. The van der Waals surface area contributed by atoms with Gasteiger partial charge >= 0.3 is 0 Å². The van der Waals surface area contributed by atoms with Crippen LogP contribution in [0.2, 0.25) is 0 Å². The van der Waals surface area contributed by atoms with Crippen molar-refractivity contribution < 1.29 is 0 Å². The largest absolute Gasteiger partial charge is 0.369 e. The summed E-state index contributed by atoms with van der Waals surface area (Å²) >= 11 is 0. The summed E-state index contributed by atoms with van der Waals surface area (Å²) in [5, 5.41) is 0. The van der Waals surface area contributed by atoms with E-state index in [9.17, 15) is 0 Å². The predicted octanol–water partition coefficient (Wildman–Crippen LogP) is 1.66. The number of benzene rings is 1. The molecule has 1 unspecified atom stereocenters. The smallest absolute Gasteiger partial charge is 0.196 e. The minimum Gasteiger partial charge on any atom is -0.369 e. The van der Waals surface area contributed by atoms with Crippen LogP contribution < -0.4 is 5.73 Å². The Labute approximate surface area is 109 Å². The number of nitrogens with two attached hydrogens (primary N) is 1. The molecule has 1 aliphatic heterocycles. The molecule has 0 saturated carbocycles. The van der Waals surface area contributed by atoms with Crippen molar-refractivity contribution in [1.29, 1.82) is 0 Å². The predicted molar refractivity (Wildman–Crippen MR) is 76.0 cm³/mol. The van der Waals surface area contributed by atoms with Crippen molar-refractivity contribution in [2.24, 2.45) is 10.7 Å². The molecule has 1 heterocycles. The summed E-state index contributed by atoms with van der Waals surface area (Å²) < 4.78 is 0. The summed E-state index contributed by atoms with van der Waals surface area (Å²) in [5.74, 6) is 0.629. The number of guanidine groups is 1. The second kappa shape index (κ2) is 5.87. The minimum atomic E-state index is 0.407. The van der Waals surface area contributed by atoms with E-state index in [1.54, 1.807) is 0 Å². The number of rotatable bonds is 1. The van der Waals surface area contributed by atoms with E-state index in [1.165, 1.54) is 0 Å². The van der Waals surface area contributed by atoms with Crippen molar-refractivity contribution in [3.8, 4) is 0 Å². The molecule has 1 aliphatic rings. The summed E-state index contributed by atoms with van der Waals surface area (Å²) in [6, 6.07) is 10.3. The fourth-order valence-electron chi connectivity index (χ4n) is 2.41. The topological polar surface area (TPSA) is 44.9 Å². The molecule has 4 heteroatoms. The number of aliphatic imine (C=N–C) groups is 1. The van der Waals surface area contributed by atoms with Gasteiger partial charge in [0, 0.05) is 19.1 Å². The van der Waals surface area contributed by atoms with E-state index in [2.05, 4.69) is 28.8 Å². The van der Waals surface area contributed by atoms with Crippen LogP contribution in [-0.2, 0) is 0 Å². The number of para-hydroxylation sites is 1.